The number of sulfonamides is 1. The average molecular weight is 294 g/mol. The van der Waals surface area contributed by atoms with Gasteiger partial charge in [0.15, 0.2) is 0 Å². The number of H-pyrrole nitrogens is 1. The molecule has 0 aliphatic heterocycles. The summed E-state index contributed by atoms with van der Waals surface area (Å²) in [5, 5.41) is 6.48. The number of hydrogen-bond acceptors (Lipinski definition) is 4. The summed E-state index contributed by atoms with van der Waals surface area (Å²) >= 11 is 0. The van der Waals surface area contributed by atoms with E-state index in [0.29, 0.717) is 12.1 Å². The van der Waals surface area contributed by atoms with Crippen molar-refractivity contribution >= 4 is 15.7 Å². The van der Waals surface area contributed by atoms with Crippen molar-refractivity contribution in [3.05, 3.63) is 41.7 Å². The van der Waals surface area contributed by atoms with Gasteiger partial charge < -0.3 is 5.73 Å². The number of anilines is 1. The van der Waals surface area contributed by atoms with Gasteiger partial charge in [-0.25, -0.2) is 8.42 Å². The maximum absolute atomic E-state index is 12.6. The highest BCUT2D eigenvalue weighted by molar-refractivity contribution is 7.89. The predicted molar refractivity (Wildman–Crippen MR) is 77.5 cm³/mol. The monoisotopic (exact) mass is 294 g/mol. The van der Waals surface area contributed by atoms with Crippen molar-refractivity contribution < 1.29 is 8.42 Å². The lowest BCUT2D eigenvalue weighted by Gasteiger charge is -2.18. The molecule has 0 bridgehead atoms. The van der Waals surface area contributed by atoms with E-state index >= 15 is 0 Å². The zero-order chi connectivity index (χ0) is 14.8. The molecule has 2 rings (SSSR count). The molecular formula is C13H18N4O2S. The molecule has 0 saturated carbocycles. The first-order chi connectivity index (χ1) is 9.45. The summed E-state index contributed by atoms with van der Waals surface area (Å²) in [6, 6.07) is 4.99. The molecule has 20 heavy (non-hydrogen) atoms. The number of nitrogens with one attached hydrogen (secondary N) is 1. The number of aromatic nitrogens is 2. The van der Waals surface area contributed by atoms with E-state index in [1.165, 1.54) is 10.4 Å². The van der Waals surface area contributed by atoms with Crippen molar-refractivity contribution in [1.29, 1.82) is 0 Å². The summed E-state index contributed by atoms with van der Waals surface area (Å²) in [6.45, 7) is 2.18. The second kappa shape index (κ2) is 5.64. The number of hydrogen-bond donors (Lipinski definition) is 2. The van der Waals surface area contributed by atoms with Gasteiger partial charge >= 0.3 is 0 Å². The summed E-state index contributed by atoms with van der Waals surface area (Å²) in [6.07, 6.45) is 3.91. The van der Waals surface area contributed by atoms with E-state index in [1.807, 2.05) is 6.92 Å². The fourth-order valence-electron chi connectivity index (χ4n) is 1.98. The molecule has 1 aromatic heterocycles. The zero-order valence-corrected chi connectivity index (χ0v) is 12.3. The molecule has 0 amide bonds. The molecule has 0 aliphatic carbocycles. The first-order valence-corrected chi connectivity index (χ1v) is 7.71. The van der Waals surface area contributed by atoms with Crippen LogP contribution in [0.15, 0.2) is 35.5 Å². The lowest BCUT2D eigenvalue weighted by Crippen LogP contribution is -2.27. The Kier molecular flexibility index (Phi) is 4.10. The maximum Gasteiger partial charge on any atom is 0.243 e. The van der Waals surface area contributed by atoms with Crippen LogP contribution in [0.4, 0.5) is 5.69 Å². The Balaban J connectivity index is 2.36. The Morgan fingerprint density at radius 1 is 1.40 bits per heavy atom. The number of rotatable bonds is 5. The third kappa shape index (κ3) is 2.83. The molecule has 2 aromatic rings. The van der Waals surface area contributed by atoms with E-state index in [4.69, 9.17) is 5.73 Å². The molecule has 0 unspecified atom stereocenters. The van der Waals surface area contributed by atoms with Crippen LogP contribution in [-0.2, 0) is 23.0 Å². The van der Waals surface area contributed by atoms with E-state index in [0.717, 1.165) is 11.1 Å². The maximum atomic E-state index is 12.6. The molecule has 0 aliphatic rings. The van der Waals surface area contributed by atoms with Gasteiger partial charge in [0, 0.05) is 31.0 Å². The molecule has 7 heteroatoms. The Bertz CT molecular complexity index is 680. The standard InChI is InChI=1S/C13H18N4O2S/c1-3-11-4-5-12(14)6-13(11)20(18,19)17(2)9-10-7-15-16-8-10/h4-8H,3,9,14H2,1-2H3,(H,15,16). The summed E-state index contributed by atoms with van der Waals surface area (Å²) in [7, 11) is -2.02. The van der Waals surface area contributed by atoms with Gasteiger partial charge in [0.05, 0.1) is 11.1 Å². The van der Waals surface area contributed by atoms with Gasteiger partial charge in [-0.1, -0.05) is 13.0 Å². The Morgan fingerprint density at radius 3 is 2.75 bits per heavy atom. The van der Waals surface area contributed by atoms with E-state index in [2.05, 4.69) is 10.2 Å². The van der Waals surface area contributed by atoms with Crippen molar-refractivity contribution in [2.45, 2.75) is 24.8 Å². The minimum Gasteiger partial charge on any atom is -0.399 e. The quantitative estimate of drug-likeness (QED) is 0.815. The summed E-state index contributed by atoms with van der Waals surface area (Å²) in [5.41, 5.74) is 7.73. The van der Waals surface area contributed by atoms with Crippen LogP contribution in [0.1, 0.15) is 18.1 Å². The van der Waals surface area contributed by atoms with Crippen LogP contribution in [0.25, 0.3) is 0 Å². The van der Waals surface area contributed by atoms with Crippen LogP contribution in [-0.4, -0.2) is 30.0 Å². The van der Waals surface area contributed by atoms with Crippen LogP contribution in [0.3, 0.4) is 0 Å². The molecule has 0 atom stereocenters. The van der Waals surface area contributed by atoms with E-state index in [-0.39, 0.29) is 11.4 Å². The van der Waals surface area contributed by atoms with Crippen molar-refractivity contribution in [3.8, 4) is 0 Å². The Morgan fingerprint density at radius 2 is 2.15 bits per heavy atom. The van der Waals surface area contributed by atoms with E-state index < -0.39 is 10.0 Å². The molecule has 0 radical (unpaired) electrons. The molecule has 3 N–H and O–H groups in total. The van der Waals surface area contributed by atoms with Crippen molar-refractivity contribution in [3.63, 3.8) is 0 Å². The number of nitrogen functional groups attached to an aromatic ring is 1. The second-order valence-corrected chi connectivity index (χ2v) is 6.60. The van der Waals surface area contributed by atoms with E-state index in [9.17, 15) is 8.42 Å². The Hall–Kier alpha value is -1.86. The van der Waals surface area contributed by atoms with Crippen molar-refractivity contribution in [2.24, 2.45) is 0 Å². The summed E-state index contributed by atoms with van der Waals surface area (Å²) < 4.78 is 26.6. The first kappa shape index (κ1) is 14.5. The highest BCUT2D eigenvalue weighted by Crippen LogP contribution is 2.23. The first-order valence-electron chi connectivity index (χ1n) is 6.27. The number of benzene rings is 1. The molecule has 1 aromatic carbocycles. The van der Waals surface area contributed by atoms with Gasteiger partial charge in [-0.2, -0.15) is 9.40 Å². The van der Waals surface area contributed by atoms with Gasteiger partial charge in [-0.15, -0.1) is 0 Å². The van der Waals surface area contributed by atoms with Crippen molar-refractivity contribution in [1.82, 2.24) is 14.5 Å². The van der Waals surface area contributed by atoms with Crippen LogP contribution in [0, 0.1) is 0 Å². The van der Waals surface area contributed by atoms with Gasteiger partial charge in [0.2, 0.25) is 10.0 Å². The number of aryl methyl sites for hydroxylation is 1. The minimum absolute atomic E-state index is 0.261. The topological polar surface area (TPSA) is 92.1 Å². The fourth-order valence-corrected chi connectivity index (χ4v) is 3.46. The van der Waals surface area contributed by atoms with E-state index in [1.54, 1.807) is 31.6 Å². The molecular weight excluding hydrogens is 276 g/mol. The van der Waals surface area contributed by atoms with Gasteiger partial charge in [-0.3, -0.25) is 5.10 Å². The lowest BCUT2D eigenvalue weighted by atomic mass is 10.1. The van der Waals surface area contributed by atoms with Crippen LogP contribution >= 0.6 is 0 Å². The third-order valence-corrected chi connectivity index (χ3v) is 5.01. The number of aromatic amines is 1. The number of nitrogens with two attached hydrogens (primary N) is 1. The smallest absolute Gasteiger partial charge is 0.243 e. The molecule has 0 fully saturated rings. The molecule has 6 nitrogen and oxygen atoms in total. The van der Waals surface area contributed by atoms with Crippen LogP contribution in [0.5, 0.6) is 0 Å². The third-order valence-electron chi connectivity index (χ3n) is 3.12. The highest BCUT2D eigenvalue weighted by Gasteiger charge is 2.24. The predicted octanol–water partition coefficient (Wildman–Crippen LogP) is 1.37. The number of nitrogens with zero attached hydrogens (tertiary/aromatic N) is 2. The molecule has 1 heterocycles. The lowest BCUT2D eigenvalue weighted by molar-refractivity contribution is 0.466. The zero-order valence-electron chi connectivity index (χ0n) is 11.5. The highest BCUT2D eigenvalue weighted by atomic mass is 32.2. The minimum atomic E-state index is -3.57. The van der Waals surface area contributed by atoms with Crippen molar-refractivity contribution in [2.75, 3.05) is 12.8 Å². The SMILES string of the molecule is CCc1ccc(N)cc1S(=O)(=O)N(C)Cc1cn[nH]c1. The average Bonchev–Trinajstić information content (AvgIpc) is 2.91. The largest absolute Gasteiger partial charge is 0.399 e. The Labute approximate surface area is 118 Å². The molecule has 108 valence electrons. The summed E-state index contributed by atoms with van der Waals surface area (Å²) in [4.78, 5) is 0.269. The molecule has 0 saturated heterocycles. The second-order valence-electron chi connectivity index (χ2n) is 4.59. The summed E-state index contributed by atoms with van der Waals surface area (Å²) in [5.74, 6) is 0. The van der Waals surface area contributed by atoms with Gasteiger partial charge in [-0.05, 0) is 24.1 Å². The van der Waals surface area contributed by atoms with Gasteiger partial charge in [0.1, 0.15) is 0 Å². The molecule has 0 spiro atoms. The van der Waals surface area contributed by atoms with Crippen LogP contribution in [0.2, 0.25) is 0 Å². The normalized spacial score (nSPS) is 11.9. The van der Waals surface area contributed by atoms with Gasteiger partial charge in [0.25, 0.3) is 0 Å². The fraction of sp³-hybridized carbons (Fsp3) is 0.308. The van der Waals surface area contributed by atoms with Crippen LogP contribution < -0.4 is 5.73 Å².